The Morgan fingerprint density at radius 2 is 1.88 bits per heavy atom. The molecule has 1 aromatic rings. The number of hydrogen-bond acceptors (Lipinski definition) is 5. The third kappa shape index (κ3) is 5.32. The van der Waals surface area contributed by atoms with Crippen LogP contribution in [0.3, 0.4) is 0 Å². The zero-order valence-corrected chi connectivity index (χ0v) is 14.9. The second-order valence-corrected chi connectivity index (χ2v) is 7.49. The van der Waals surface area contributed by atoms with Crippen molar-refractivity contribution in [3.8, 4) is 0 Å². The van der Waals surface area contributed by atoms with Gasteiger partial charge in [-0.15, -0.1) is 0 Å². The predicted octanol–water partition coefficient (Wildman–Crippen LogP) is 1.37. The minimum Gasteiger partial charge on any atom is -0.453 e. The maximum atomic E-state index is 12.7. The largest absolute Gasteiger partial charge is 0.453 e. The van der Waals surface area contributed by atoms with E-state index in [0.29, 0.717) is 38.8 Å². The first-order valence-corrected chi connectivity index (χ1v) is 9.34. The molecule has 0 aromatic heterocycles. The third-order valence-electron chi connectivity index (χ3n) is 4.00. The van der Waals surface area contributed by atoms with E-state index >= 15 is 0 Å². The Kier molecular flexibility index (Phi) is 6.48. The third-order valence-corrected chi connectivity index (χ3v) is 5.46. The molecule has 1 heterocycles. The van der Waals surface area contributed by atoms with Crippen LogP contribution in [-0.4, -0.2) is 70.7 Å². The second kappa shape index (κ2) is 8.23. The Hall–Kier alpha value is -1.85. The first kappa shape index (κ1) is 20.5. The van der Waals surface area contributed by atoms with Gasteiger partial charge in [-0.05, 0) is 18.2 Å². The van der Waals surface area contributed by atoms with Gasteiger partial charge in [0.2, 0.25) is 10.0 Å². The maximum Gasteiger partial charge on any atom is 0.416 e. The molecule has 1 fully saturated rings. The Balaban J connectivity index is 1.87. The molecule has 2 rings (SSSR count). The molecule has 7 nitrogen and oxygen atoms in total. The summed E-state index contributed by atoms with van der Waals surface area (Å²) in [7, 11) is -2.73. The molecular formula is C15H20F3N3O4S. The standard InChI is InChI=1S/C15H20F3N3O4S/c1-25-14(22)21-9-7-20(8-10-21)6-5-19-26(23,24)13-4-2-3-12(11-13)15(16,17)18/h2-4,11,19H,5-10H2,1H3. The van der Waals surface area contributed by atoms with Crippen molar-refractivity contribution in [3.63, 3.8) is 0 Å². The lowest BCUT2D eigenvalue weighted by Crippen LogP contribution is -2.50. The van der Waals surface area contributed by atoms with Crippen molar-refractivity contribution in [1.29, 1.82) is 0 Å². The molecule has 0 aliphatic carbocycles. The van der Waals surface area contributed by atoms with E-state index in [1.165, 1.54) is 7.11 Å². The van der Waals surface area contributed by atoms with Crippen LogP contribution in [0, 0.1) is 0 Å². The molecular weight excluding hydrogens is 375 g/mol. The summed E-state index contributed by atoms with van der Waals surface area (Å²) in [4.78, 5) is 14.5. The van der Waals surface area contributed by atoms with E-state index in [0.717, 1.165) is 18.2 Å². The first-order valence-electron chi connectivity index (χ1n) is 7.85. The summed E-state index contributed by atoms with van der Waals surface area (Å²) in [5.41, 5.74) is -1.01. The number of hydrogen-bond donors (Lipinski definition) is 1. The van der Waals surface area contributed by atoms with E-state index in [-0.39, 0.29) is 6.54 Å². The van der Waals surface area contributed by atoms with E-state index in [1.54, 1.807) is 4.90 Å². The fourth-order valence-electron chi connectivity index (χ4n) is 2.54. The number of piperazine rings is 1. The number of sulfonamides is 1. The van der Waals surface area contributed by atoms with Gasteiger partial charge in [-0.1, -0.05) is 6.07 Å². The molecule has 1 N–H and O–H groups in total. The van der Waals surface area contributed by atoms with Crippen LogP contribution in [-0.2, 0) is 20.9 Å². The number of amides is 1. The van der Waals surface area contributed by atoms with Crippen LogP contribution in [0.5, 0.6) is 0 Å². The number of nitrogens with one attached hydrogen (secondary N) is 1. The molecule has 0 unspecified atom stereocenters. The summed E-state index contributed by atoms with van der Waals surface area (Å²) in [6.45, 7) is 2.48. The Morgan fingerprint density at radius 3 is 2.46 bits per heavy atom. The molecule has 1 saturated heterocycles. The molecule has 0 radical (unpaired) electrons. The van der Waals surface area contributed by atoms with Crippen LogP contribution in [0.1, 0.15) is 5.56 Å². The Morgan fingerprint density at radius 1 is 1.23 bits per heavy atom. The molecule has 0 atom stereocenters. The van der Waals surface area contributed by atoms with Crippen molar-refractivity contribution >= 4 is 16.1 Å². The molecule has 1 amide bonds. The van der Waals surface area contributed by atoms with Crippen LogP contribution in [0.2, 0.25) is 0 Å². The summed E-state index contributed by atoms with van der Waals surface area (Å²) in [6, 6.07) is 3.60. The molecule has 0 bridgehead atoms. The summed E-state index contributed by atoms with van der Waals surface area (Å²) in [5, 5.41) is 0. The average molecular weight is 395 g/mol. The highest BCUT2D eigenvalue weighted by atomic mass is 32.2. The van der Waals surface area contributed by atoms with E-state index in [2.05, 4.69) is 9.46 Å². The number of rotatable bonds is 5. The molecule has 146 valence electrons. The van der Waals surface area contributed by atoms with Crippen LogP contribution in [0.25, 0.3) is 0 Å². The lowest BCUT2D eigenvalue weighted by molar-refractivity contribution is -0.137. The summed E-state index contributed by atoms with van der Waals surface area (Å²) in [6.07, 6.45) is -5.01. The quantitative estimate of drug-likeness (QED) is 0.815. The minimum absolute atomic E-state index is 0.0524. The van der Waals surface area contributed by atoms with Crippen molar-refractivity contribution < 1.29 is 31.1 Å². The molecule has 1 aliphatic heterocycles. The van der Waals surface area contributed by atoms with Crippen molar-refractivity contribution in [2.24, 2.45) is 0 Å². The van der Waals surface area contributed by atoms with Gasteiger partial charge in [-0.3, -0.25) is 4.90 Å². The minimum atomic E-state index is -4.61. The Labute approximate surface area is 149 Å². The number of ether oxygens (including phenoxy) is 1. The smallest absolute Gasteiger partial charge is 0.416 e. The lowest BCUT2D eigenvalue weighted by atomic mass is 10.2. The van der Waals surface area contributed by atoms with E-state index in [9.17, 15) is 26.4 Å². The summed E-state index contributed by atoms with van der Waals surface area (Å²) >= 11 is 0. The molecule has 0 saturated carbocycles. The normalized spacial score (nSPS) is 16.5. The summed E-state index contributed by atoms with van der Waals surface area (Å²) in [5.74, 6) is 0. The zero-order valence-electron chi connectivity index (χ0n) is 14.1. The van der Waals surface area contributed by atoms with Gasteiger partial charge in [0.25, 0.3) is 0 Å². The van der Waals surface area contributed by atoms with Gasteiger partial charge in [0.15, 0.2) is 0 Å². The number of alkyl halides is 3. The van der Waals surface area contributed by atoms with Gasteiger partial charge < -0.3 is 9.64 Å². The number of nitrogens with zero attached hydrogens (tertiary/aromatic N) is 2. The highest BCUT2D eigenvalue weighted by molar-refractivity contribution is 7.89. The highest BCUT2D eigenvalue weighted by Gasteiger charge is 2.31. The van der Waals surface area contributed by atoms with E-state index in [1.807, 2.05) is 4.90 Å². The predicted molar refractivity (Wildman–Crippen MR) is 87.1 cm³/mol. The van der Waals surface area contributed by atoms with Crippen molar-refractivity contribution in [2.45, 2.75) is 11.1 Å². The highest BCUT2D eigenvalue weighted by Crippen LogP contribution is 2.30. The van der Waals surface area contributed by atoms with Gasteiger partial charge in [0, 0.05) is 39.3 Å². The Bertz CT molecular complexity index is 732. The number of benzene rings is 1. The lowest BCUT2D eigenvalue weighted by Gasteiger charge is -2.33. The fraction of sp³-hybridized carbons (Fsp3) is 0.533. The molecule has 1 aromatic carbocycles. The number of carbonyl (C=O) groups excluding carboxylic acids is 1. The number of methoxy groups -OCH3 is 1. The first-order chi connectivity index (χ1) is 12.1. The van der Waals surface area contributed by atoms with Crippen molar-refractivity contribution in [1.82, 2.24) is 14.5 Å². The molecule has 26 heavy (non-hydrogen) atoms. The number of halogens is 3. The SMILES string of the molecule is COC(=O)N1CCN(CCNS(=O)(=O)c2cccc(C(F)(F)F)c2)CC1. The average Bonchev–Trinajstić information content (AvgIpc) is 2.61. The topological polar surface area (TPSA) is 79.0 Å². The van der Waals surface area contributed by atoms with Crippen LogP contribution < -0.4 is 4.72 Å². The van der Waals surface area contributed by atoms with Gasteiger partial charge in [0.05, 0.1) is 17.6 Å². The molecule has 0 spiro atoms. The van der Waals surface area contributed by atoms with E-state index < -0.39 is 32.8 Å². The fourth-order valence-corrected chi connectivity index (χ4v) is 3.61. The van der Waals surface area contributed by atoms with Gasteiger partial charge in [-0.2, -0.15) is 13.2 Å². The monoisotopic (exact) mass is 395 g/mol. The van der Waals surface area contributed by atoms with Gasteiger partial charge in [0.1, 0.15) is 0 Å². The molecule has 11 heteroatoms. The van der Waals surface area contributed by atoms with Crippen molar-refractivity contribution in [2.75, 3.05) is 46.4 Å². The molecule has 1 aliphatic rings. The van der Waals surface area contributed by atoms with Crippen LogP contribution in [0.15, 0.2) is 29.2 Å². The summed E-state index contributed by atoms with van der Waals surface area (Å²) < 4.78 is 69.4. The van der Waals surface area contributed by atoms with Crippen LogP contribution >= 0.6 is 0 Å². The second-order valence-electron chi connectivity index (χ2n) is 5.72. The van der Waals surface area contributed by atoms with Gasteiger partial charge in [-0.25, -0.2) is 17.9 Å². The van der Waals surface area contributed by atoms with Crippen molar-refractivity contribution in [3.05, 3.63) is 29.8 Å². The number of carbonyl (C=O) groups is 1. The maximum absolute atomic E-state index is 12.7. The zero-order chi connectivity index (χ0) is 19.4. The van der Waals surface area contributed by atoms with Crippen LogP contribution in [0.4, 0.5) is 18.0 Å². The van der Waals surface area contributed by atoms with Gasteiger partial charge >= 0.3 is 12.3 Å². The van der Waals surface area contributed by atoms with E-state index in [4.69, 9.17) is 0 Å².